The van der Waals surface area contributed by atoms with Gasteiger partial charge >= 0.3 is 0 Å². The average molecular weight is 295 g/mol. The second kappa shape index (κ2) is 8.00. The SMILES string of the molecule is CNC.COc1ccc2c(Nc3ccccc3)ccnc2c1. The van der Waals surface area contributed by atoms with E-state index in [1.165, 1.54) is 0 Å². The minimum atomic E-state index is 0.817. The number of pyridine rings is 1. The second-order valence-electron chi connectivity index (χ2n) is 4.73. The molecule has 0 radical (unpaired) electrons. The highest BCUT2D eigenvalue weighted by molar-refractivity contribution is 5.93. The topological polar surface area (TPSA) is 46.2 Å². The van der Waals surface area contributed by atoms with E-state index in [0.29, 0.717) is 0 Å². The summed E-state index contributed by atoms with van der Waals surface area (Å²) in [5, 5.41) is 7.23. The van der Waals surface area contributed by atoms with E-state index in [2.05, 4.69) is 15.6 Å². The fraction of sp³-hybridized carbons (Fsp3) is 0.167. The zero-order valence-corrected chi connectivity index (χ0v) is 13.1. The molecule has 4 heteroatoms. The molecule has 3 aromatic rings. The van der Waals surface area contributed by atoms with Gasteiger partial charge < -0.3 is 15.4 Å². The standard InChI is InChI=1S/C16H14N2O.C2H7N/c1-19-13-7-8-14-15(9-10-17-16(14)11-13)18-12-5-3-2-4-6-12;1-3-2/h2-11H,1H3,(H,17,18);3H,1-2H3. The predicted molar refractivity (Wildman–Crippen MR) is 93.0 cm³/mol. The molecule has 0 spiro atoms. The molecule has 114 valence electrons. The number of nitrogens with one attached hydrogen (secondary N) is 2. The Labute approximate surface area is 131 Å². The maximum atomic E-state index is 5.22. The summed E-state index contributed by atoms with van der Waals surface area (Å²) >= 11 is 0. The highest BCUT2D eigenvalue weighted by atomic mass is 16.5. The van der Waals surface area contributed by atoms with E-state index in [1.807, 2.05) is 68.7 Å². The van der Waals surface area contributed by atoms with Crippen molar-refractivity contribution in [1.29, 1.82) is 0 Å². The van der Waals surface area contributed by atoms with Crippen LogP contribution in [0.2, 0.25) is 0 Å². The normalized spacial score (nSPS) is 9.77. The Morgan fingerprint density at radius 3 is 2.36 bits per heavy atom. The van der Waals surface area contributed by atoms with Gasteiger partial charge in [0.05, 0.1) is 12.6 Å². The van der Waals surface area contributed by atoms with Gasteiger partial charge in [0.2, 0.25) is 0 Å². The van der Waals surface area contributed by atoms with Crippen molar-refractivity contribution in [2.45, 2.75) is 0 Å². The lowest BCUT2D eigenvalue weighted by atomic mass is 10.1. The Morgan fingerprint density at radius 2 is 1.68 bits per heavy atom. The number of hydrogen-bond acceptors (Lipinski definition) is 4. The molecule has 0 unspecified atom stereocenters. The predicted octanol–water partition coefficient (Wildman–Crippen LogP) is 3.82. The molecule has 0 saturated carbocycles. The number of fused-ring (bicyclic) bond motifs is 1. The largest absolute Gasteiger partial charge is 0.497 e. The molecule has 22 heavy (non-hydrogen) atoms. The monoisotopic (exact) mass is 295 g/mol. The third-order valence-corrected chi connectivity index (χ3v) is 3.00. The molecule has 0 amide bonds. The molecular weight excluding hydrogens is 274 g/mol. The molecule has 0 aliphatic carbocycles. The van der Waals surface area contributed by atoms with Gasteiger partial charge in [0, 0.05) is 29.0 Å². The van der Waals surface area contributed by atoms with Crippen LogP contribution in [0.1, 0.15) is 0 Å². The molecule has 1 heterocycles. The summed E-state index contributed by atoms with van der Waals surface area (Å²) in [7, 11) is 5.41. The van der Waals surface area contributed by atoms with Gasteiger partial charge in [0.1, 0.15) is 5.75 Å². The van der Waals surface area contributed by atoms with Gasteiger partial charge in [-0.1, -0.05) is 18.2 Å². The molecule has 0 aliphatic heterocycles. The smallest absolute Gasteiger partial charge is 0.121 e. The highest BCUT2D eigenvalue weighted by Crippen LogP contribution is 2.27. The lowest BCUT2D eigenvalue weighted by Gasteiger charge is -2.10. The van der Waals surface area contributed by atoms with Crippen molar-refractivity contribution in [2.75, 3.05) is 26.5 Å². The molecule has 0 saturated heterocycles. The van der Waals surface area contributed by atoms with Crippen molar-refractivity contribution in [3.05, 3.63) is 60.8 Å². The van der Waals surface area contributed by atoms with Crippen molar-refractivity contribution < 1.29 is 4.74 Å². The molecule has 2 aromatic carbocycles. The number of methoxy groups -OCH3 is 1. The summed E-state index contributed by atoms with van der Waals surface area (Å²) in [5.41, 5.74) is 3.02. The third-order valence-electron chi connectivity index (χ3n) is 3.00. The summed E-state index contributed by atoms with van der Waals surface area (Å²) in [6.45, 7) is 0. The van der Waals surface area contributed by atoms with E-state index in [1.54, 1.807) is 13.3 Å². The molecule has 0 fully saturated rings. The molecule has 1 aromatic heterocycles. The van der Waals surface area contributed by atoms with Crippen LogP contribution in [0.3, 0.4) is 0 Å². The van der Waals surface area contributed by atoms with Crippen molar-refractivity contribution in [3.63, 3.8) is 0 Å². The van der Waals surface area contributed by atoms with E-state index in [9.17, 15) is 0 Å². The van der Waals surface area contributed by atoms with Gasteiger partial charge in [0.15, 0.2) is 0 Å². The lowest BCUT2D eigenvalue weighted by molar-refractivity contribution is 0.415. The zero-order chi connectivity index (χ0) is 15.8. The fourth-order valence-electron chi connectivity index (χ4n) is 2.04. The van der Waals surface area contributed by atoms with Crippen LogP contribution in [0.4, 0.5) is 11.4 Å². The average Bonchev–Trinajstić information content (AvgIpc) is 2.56. The van der Waals surface area contributed by atoms with Crippen LogP contribution in [0.5, 0.6) is 5.75 Å². The zero-order valence-electron chi connectivity index (χ0n) is 13.1. The first kappa shape index (κ1) is 15.8. The van der Waals surface area contributed by atoms with Crippen LogP contribution in [0, 0.1) is 0 Å². The summed E-state index contributed by atoms with van der Waals surface area (Å²) < 4.78 is 5.22. The van der Waals surface area contributed by atoms with Gasteiger partial charge in [-0.25, -0.2) is 0 Å². The number of benzene rings is 2. The Morgan fingerprint density at radius 1 is 0.955 bits per heavy atom. The number of rotatable bonds is 3. The maximum Gasteiger partial charge on any atom is 0.121 e. The first-order valence-electron chi connectivity index (χ1n) is 7.11. The number of hydrogen-bond donors (Lipinski definition) is 2. The fourth-order valence-corrected chi connectivity index (χ4v) is 2.04. The molecule has 0 bridgehead atoms. The van der Waals surface area contributed by atoms with E-state index >= 15 is 0 Å². The number of aromatic nitrogens is 1. The molecular formula is C18H21N3O. The van der Waals surface area contributed by atoms with Crippen molar-refractivity contribution in [3.8, 4) is 5.75 Å². The van der Waals surface area contributed by atoms with Crippen molar-refractivity contribution in [2.24, 2.45) is 0 Å². The van der Waals surface area contributed by atoms with Gasteiger partial charge in [-0.2, -0.15) is 0 Å². The number of para-hydroxylation sites is 1. The lowest BCUT2D eigenvalue weighted by Crippen LogP contribution is -1.92. The minimum absolute atomic E-state index is 0.817. The third kappa shape index (κ3) is 3.96. The van der Waals surface area contributed by atoms with Crippen LogP contribution in [0.15, 0.2) is 60.8 Å². The van der Waals surface area contributed by atoms with Gasteiger partial charge in [-0.3, -0.25) is 4.98 Å². The van der Waals surface area contributed by atoms with Crippen LogP contribution < -0.4 is 15.4 Å². The van der Waals surface area contributed by atoms with Crippen LogP contribution in [-0.4, -0.2) is 26.2 Å². The van der Waals surface area contributed by atoms with Crippen LogP contribution in [0.25, 0.3) is 10.9 Å². The number of anilines is 2. The molecule has 4 nitrogen and oxygen atoms in total. The van der Waals surface area contributed by atoms with Crippen molar-refractivity contribution >= 4 is 22.3 Å². The summed E-state index contributed by atoms with van der Waals surface area (Å²) in [5.74, 6) is 0.817. The summed E-state index contributed by atoms with van der Waals surface area (Å²) in [6.07, 6.45) is 1.80. The van der Waals surface area contributed by atoms with Crippen LogP contribution in [-0.2, 0) is 0 Å². The molecule has 2 N–H and O–H groups in total. The highest BCUT2D eigenvalue weighted by Gasteiger charge is 2.03. The van der Waals surface area contributed by atoms with Crippen molar-refractivity contribution in [1.82, 2.24) is 10.3 Å². The summed E-state index contributed by atoms with van der Waals surface area (Å²) in [6, 6.07) is 18.0. The Bertz CT molecular complexity index is 714. The quantitative estimate of drug-likeness (QED) is 0.771. The Kier molecular flexibility index (Phi) is 5.74. The van der Waals surface area contributed by atoms with E-state index < -0.39 is 0 Å². The van der Waals surface area contributed by atoms with E-state index in [-0.39, 0.29) is 0 Å². The first-order valence-corrected chi connectivity index (χ1v) is 7.11. The maximum absolute atomic E-state index is 5.22. The second-order valence-corrected chi connectivity index (χ2v) is 4.73. The number of ether oxygens (including phenoxy) is 1. The number of nitrogens with zero attached hydrogens (tertiary/aromatic N) is 1. The minimum Gasteiger partial charge on any atom is -0.497 e. The molecule has 3 rings (SSSR count). The van der Waals surface area contributed by atoms with Gasteiger partial charge in [-0.05, 0) is 44.4 Å². The summed E-state index contributed by atoms with van der Waals surface area (Å²) in [4.78, 5) is 4.37. The Hall–Kier alpha value is -2.59. The Balaban J connectivity index is 0.000000545. The first-order chi connectivity index (χ1) is 10.8. The van der Waals surface area contributed by atoms with Crippen LogP contribution >= 0.6 is 0 Å². The molecule has 0 atom stereocenters. The van der Waals surface area contributed by atoms with E-state index in [0.717, 1.165) is 28.0 Å². The molecule has 0 aliphatic rings. The van der Waals surface area contributed by atoms with E-state index in [4.69, 9.17) is 4.74 Å². The van der Waals surface area contributed by atoms with Gasteiger partial charge in [0.25, 0.3) is 0 Å². The van der Waals surface area contributed by atoms with Gasteiger partial charge in [-0.15, -0.1) is 0 Å².